The number of rotatable bonds is 9. The Hall–Kier alpha value is -3.32. The maximum atomic E-state index is 14.4. The summed E-state index contributed by atoms with van der Waals surface area (Å²) in [6.45, 7) is -0.100. The third kappa shape index (κ3) is 6.35. The number of esters is 1. The van der Waals surface area contributed by atoms with E-state index in [4.69, 9.17) is 4.74 Å². The van der Waals surface area contributed by atoms with Gasteiger partial charge in [-0.3, -0.25) is 4.79 Å². The lowest BCUT2D eigenvalue weighted by Gasteiger charge is -2.16. The highest BCUT2D eigenvalue weighted by Crippen LogP contribution is 2.35. The van der Waals surface area contributed by atoms with Crippen LogP contribution in [0.3, 0.4) is 0 Å². The van der Waals surface area contributed by atoms with E-state index in [1.807, 2.05) is 0 Å². The molecular formula is C20H21F3N2O7S. The second-order valence-electron chi connectivity index (χ2n) is 6.79. The van der Waals surface area contributed by atoms with Gasteiger partial charge in [-0.1, -0.05) is 0 Å². The molecule has 0 saturated heterocycles. The van der Waals surface area contributed by atoms with Gasteiger partial charge in [-0.2, -0.15) is 8.78 Å². The molecule has 13 heteroatoms. The summed E-state index contributed by atoms with van der Waals surface area (Å²) >= 11 is 0. The molecule has 0 spiro atoms. The minimum absolute atomic E-state index is 0.257. The number of amides is 1. The summed E-state index contributed by atoms with van der Waals surface area (Å²) in [6.07, 6.45) is 0. The molecule has 0 saturated carbocycles. The number of sulfonamides is 1. The molecule has 1 amide bonds. The topological polar surface area (TPSA) is 120 Å². The van der Waals surface area contributed by atoms with E-state index in [0.29, 0.717) is 0 Å². The fourth-order valence-electron chi connectivity index (χ4n) is 2.70. The number of alkyl halides is 2. The van der Waals surface area contributed by atoms with Crippen molar-refractivity contribution < 1.29 is 45.4 Å². The minimum atomic E-state index is -4.05. The molecule has 2 rings (SSSR count). The molecule has 0 aliphatic heterocycles. The molecule has 0 atom stereocenters. The number of nitrogens with one attached hydrogen (secondary N) is 2. The second-order valence-corrected chi connectivity index (χ2v) is 8.50. The molecule has 9 nitrogen and oxygen atoms in total. The Labute approximate surface area is 187 Å². The number of carbonyl (C=O) groups excluding carboxylic acids is 2. The highest BCUT2D eigenvalue weighted by atomic mass is 32.2. The third-order valence-electron chi connectivity index (χ3n) is 4.06. The van der Waals surface area contributed by atoms with Crippen LogP contribution in [0.4, 0.5) is 18.9 Å². The Morgan fingerprint density at radius 3 is 2.21 bits per heavy atom. The fourth-order valence-corrected chi connectivity index (χ4v) is 3.98. The van der Waals surface area contributed by atoms with Gasteiger partial charge in [-0.15, -0.1) is 0 Å². The van der Waals surface area contributed by atoms with Gasteiger partial charge >= 0.3 is 12.6 Å². The minimum Gasteiger partial charge on any atom is -0.493 e. The van der Waals surface area contributed by atoms with Crippen LogP contribution in [0, 0.1) is 5.82 Å². The van der Waals surface area contributed by atoms with Gasteiger partial charge < -0.3 is 19.5 Å². The number of hydrogen-bond acceptors (Lipinski definition) is 7. The quantitative estimate of drug-likeness (QED) is 0.518. The smallest absolute Gasteiger partial charge is 0.387 e. The van der Waals surface area contributed by atoms with E-state index in [0.717, 1.165) is 44.6 Å². The van der Waals surface area contributed by atoms with Crippen LogP contribution in [-0.2, 0) is 14.8 Å². The molecule has 0 unspecified atom stereocenters. The fraction of sp³-hybridized carbons (Fsp3) is 0.300. The van der Waals surface area contributed by atoms with Crippen LogP contribution in [0.2, 0.25) is 0 Å². The van der Waals surface area contributed by atoms with Crippen molar-refractivity contribution in [3.8, 4) is 11.5 Å². The Balaban J connectivity index is 2.53. The number of hydrogen-bond donors (Lipinski definition) is 2. The Kier molecular flexibility index (Phi) is 8.28. The Morgan fingerprint density at radius 2 is 1.67 bits per heavy atom. The molecule has 2 aromatic carbocycles. The maximum absolute atomic E-state index is 14.4. The van der Waals surface area contributed by atoms with Crippen molar-refractivity contribution in [1.82, 2.24) is 4.72 Å². The number of halogens is 3. The lowest BCUT2D eigenvalue weighted by atomic mass is 10.1. The van der Waals surface area contributed by atoms with Gasteiger partial charge in [0.15, 0.2) is 11.5 Å². The predicted octanol–water partition coefficient (Wildman–Crippen LogP) is 3.16. The summed E-state index contributed by atoms with van der Waals surface area (Å²) in [5.74, 6) is -3.97. The molecule has 33 heavy (non-hydrogen) atoms. The van der Waals surface area contributed by atoms with E-state index in [1.54, 1.807) is 13.8 Å². The van der Waals surface area contributed by atoms with E-state index < -0.39 is 51.7 Å². The lowest BCUT2D eigenvalue weighted by Crippen LogP contribution is -2.30. The van der Waals surface area contributed by atoms with Crippen molar-refractivity contribution in [3.63, 3.8) is 0 Å². The Morgan fingerprint density at radius 1 is 1.00 bits per heavy atom. The molecule has 0 heterocycles. The number of ether oxygens (including phenoxy) is 3. The van der Waals surface area contributed by atoms with Crippen LogP contribution in [0.5, 0.6) is 11.5 Å². The summed E-state index contributed by atoms with van der Waals surface area (Å²) in [4.78, 5) is 24.5. The van der Waals surface area contributed by atoms with E-state index >= 15 is 0 Å². The van der Waals surface area contributed by atoms with Crippen LogP contribution in [0.1, 0.15) is 34.6 Å². The average molecular weight is 490 g/mol. The monoisotopic (exact) mass is 490 g/mol. The molecule has 2 N–H and O–H groups in total. The standard InChI is InChI=1S/C20H21F3N2O7S/c1-10(2)25-33(28,29)11-5-6-14(21)12(7-11)18(26)24-15-9-17(32-20(22)23)16(30-3)8-13(15)19(27)31-4/h5-10,20,25H,1-4H3,(H,24,26). The second kappa shape index (κ2) is 10.5. The first-order valence-corrected chi connectivity index (χ1v) is 10.8. The average Bonchev–Trinajstić information content (AvgIpc) is 2.72. The first-order valence-electron chi connectivity index (χ1n) is 9.28. The largest absolute Gasteiger partial charge is 0.493 e. The molecule has 0 aliphatic carbocycles. The van der Waals surface area contributed by atoms with Crippen molar-refractivity contribution >= 4 is 27.6 Å². The lowest BCUT2D eigenvalue weighted by molar-refractivity contribution is -0.0511. The summed E-state index contributed by atoms with van der Waals surface area (Å²) in [7, 11) is -1.87. The van der Waals surface area contributed by atoms with Crippen LogP contribution in [-0.4, -0.2) is 47.2 Å². The van der Waals surface area contributed by atoms with Gasteiger partial charge in [-0.25, -0.2) is 22.3 Å². The first-order chi connectivity index (χ1) is 15.4. The molecule has 0 aromatic heterocycles. The molecular weight excluding hydrogens is 469 g/mol. The molecule has 0 fully saturated rings. The van der Waals surface area contributed by atoms with Crippen molar-refractivity contribution in [2.45, 2.75) is 31.4 Å². The van der Waals surface area contributed by atoms with Gasteiger partial charge in [0, 0.05) is 18.2 Å². The Bertz CT molecular complexity index is 1150. The first kappa shape index (κ1) is 25.9. The molecule has 0 aliphatic rings. The summed E-state index contributed by atoms with van der Waals surface area (Å²) in [6, 6.07) is 3.94. The van der Waals surface area contributed by atoms with Gasteiger partial charge in [0.2, 0.25) is 10.0 Å². The van der Waals surface area contributed by atoms with Gasteiger partial charge in [0.25, 0.3) is 5.91 Å². The highest BCUT2D eigenvalue weighted by molar-refractivity contribution is 7.89. The van der Waals surface area contributed by atoms with Gasteiger partial charge in [0.1, 0.15) is 5.82 Å². The predicted molar refractivity (Wildman–Crippen MR) is 111 cm³/mol. The summed E-state index contributed by atoms with van der Waals surface area (Å²) < 4.78 is 80.7. The molecule has 2 aromatic rings. The third-order valence-corrected chi connectivity index (χ3v) is 5.71. The number of benzene rings is 2. The highest BCUT2D eigenvalue weighted by Gasteiger charge is 2.24. The van der Waals surface area contributed by atoms with Crippen molar-refractivity contribution in [2.24, 2.45) is 0 Å². The molecule has 0 bridgehead atoms. The number of anilines is 1. The summed E-state index contributed by atoms with van der Waals surface area (Å²) in [5, 5.41) is 2.19. The van der Waals surface area contributed by atoms with Gasteiger partial charge in [0.05, 0.1) is 35.9 Å². The number of carbonyl (C=O) groups is 2. The SMILES string of the molecule is COC(=O)c1cc(OC)c(OC(F)F)cc1NC(=O)c1cc(S(=O)(=O)NC(C)C)ccc1F. The van der Waals surface area contributed by atoms with E-state index in [-0.39, 0.29) is 21.9 Å². The maximum Gasteiger partial charge on any atom is 0.387 e. The van der Waals surface area contributed by atoms with Crippen molar-refractivity contribution in [3.05, 3.63) is 47.3 Å². The van der Waals surface area contributed by atoms with Crippen LogP contribution >= 0.6 is 0 Å². The zero-order chi connectivity index (χ0) is 24.9. The zero-order valence-corrected chi connectivity index (χ0v) is 18.8. The van der Waals surface area contributed by atoms with E-state index in [9.17, 15) is 31.2 Å². The van der Waals surface area contributed by atoms with E-state index in [1.165, 1.54) is 0 Å². The normalized spacial score (nSPS) is 11.4. The zero-order valence-electron chi connectivity index (χ0n) is 17.9. The summed E-state index contributed by atoms with van der Waals surface area (Å²) in [5.41, 5.74) is -1.35. The molecule has 180 valence electrons. The van der Waals surface area contributed by atoms with Crippen LogP contribution in [0.15, 0.2) is 35.2 Å². The van der Waals surface area contributed by atoms with Gasteiger partial charge in [-0.05, 0) is 32.0 Å². The van der Waals surface area contributed by atoms with Crippen molar-refractivity contribution in [1.29, 1.82) is 0 Å². The van der Waals surface area contributed by atoms with E-state index in [2.05, 4.69) is 19.5 Å². The number of methoxy groups -OCH3 is 2. The van der Waals surface area contributed by atoms with Crippen LogP contribution < -0.4 is 19.5 Å². The van der Waals surface area contributed by atoms with Crippen LogP contribution in [0.25, 0.3) is 0 Å². The van der Waals surface area contributed by atoms with Crippen molar-refractivity contribution in [2.75, 3.05) is 19.5 Å². The molecule has 0 radical (unpaired) electrons.